The Morgan fingerprint density at radius 3 is 2.21 bits per heavy atom. The zero-order valence-electron chi connectivity index (χ0n) is 16.7. The first-order chi connectivity index (χ1) is 13.6. The van der Waals surface area contributed by atoms with Gasteiger partial charge in [0.25, 0.3) is 5.91 Å². The minimum Gasteiger partial charge on any atom is -0.427 e. The van der Waals surface area contributed by atoms with Crippen molar-refractivity contribution in [1.29, 1.82) is 0 Å². The molecular formula is C20H23N3O5S. The van der Waals surface area contributed by atoms with Crippen molar-refractivity contribution in [1.82, 2.24) is 5.43 Å². The van der Waals surface area contributed by atoms with Crippen molar-refractivity contribution < 1.29 is 22.7 Å². The lowest BCUT2D eigenvalue weighted by Crippen LogP contribution is -2.39. The van der Waals surface area contributed by atoms with Crippen molar-refractivity contribution in [2.24, 2.45) is 5.10 Å². The summed E-state index contributed by atoms with van der Waals surface area (Å²) < 4.78 is 30.5. The monoisotopic (exact) mass is 417 g/mol. The number of carbonyl (C=O) groups is 2. The third-order valence-electron chi connectivity index (χ3n) is 3.92. The molecule has 1 amide bonds. The van der Waals surface area contributed by atoms with Crippen LogP contribution in [0.5, 0.6) is 5.75 Å². The number of carbonyl (C=O) groups excluding carboxylic acids is 2. The summed E-state index contributed by atoms with van der Waals surface area (Å²) in [5.74, 6) is -0.597. The molecule has 2 aromatic carbocycles. The van der Waals surface area contributed by atoms with E-state index >= 15 is 0 Å². The molecule has 8 nitrogen and oxygen atoms in total. The molecule has 0 spiro atoms. The summed E-state index contributed by atoms with van der Waals surface area (Å²) in [7, 11) is -3.67. The SMILES string of the molecule is CC(=O)Oc1ccc(/C=N\NC(=O)CN(c2c(C)cccc2C)S(C)(=O)=O)cc1. The molecule has 0 aliphatic carbocycles. The Balaban J connectivity index is 2.07. The zero-order chi connectivity index (χ0) is 21.6. The van der Waals surface area contributed by atoms with Gasteiger partial charge < -0.3 is 4.74 Å². The van der Waals surface area contributed by atoms with E-state index in [1.807, 2.05) is 6.07 Å². The van der Waals surface area contributed by atoms with Crippen LogP contribution in [0.15, 0.2) is 47.6 Å². The summed E-state index contributed by atoms with van der Waals surface area (Å²) in [6, 6.07) is 11.9. The normalized spacial score (nSPS) is 11.3. The topological polar surface area (TPSA) is 105 Å². The third kappa shape index (κ3) is 6.42. The van der Waals surface area contributed by atoms with E-state index in [9.17, 15) is 18.0 Å². The number of hydrazone groups is 1. The Morgan fingerprint density at radius 2 is 1.69 bits per heavy atom. The molecule has 0 fully saturated rings. The number of esters is 1. The number of nitrogens with zero attached hydrogens (tertiary/aromatic N) is 2. The zero-order valence-corrected chi connectivity index (χ0v) is 17.5. The van der Waals surface area contributed by atoms with Crippen molar-refractivity contribution in [3.8, 4) is 5.75 Å². The van der Waals surface area contributed by atoms with Crippen molar-refractivity contribution in [3.05, 3.63) is 59.2 Å². The van der Waals surface area contributed by atoms with Crippen molar-refractivity contribution in [2.45, 2.75) is 20.8 Å². The van der Waals surface area contributed by atoms with Gasteiger partial charge in [0.05, 0.1) is 18.2 Å². The molecule has 29 heavy (non-hydrogen) atoms. The molecule has 0 saturated heterocycles. The fourth-order valence-electron chi connectivity index (χ4n) is 2.69. The predicted molar refractivity (Wildman–Crippen MR) is 112 cm³/mol. The highest BCUT2D eigenvalue weighted by Gasteiger charge is 2.23. The lowest BCUT2D eigenvalue weighted by molar-refractivity contribution is -0.131. The first-order valence-electron chi connectivity index (χ1n) is 8.72. The van der Waals surface area contributed by atoms with E-state index in [0.717, 1.165) is 21.7 Å². The lowest BCUT2D eigenvalue weighted by Gasteiger charge is -2.25. The Kier molecular flexibility index (Phi) is 7.11. The minimum absolute atomic E-state index is 0.396. The molecule has 0 saturated carbocycles. The molecule has 2 rings (SSSR count). The Bertz CT molecular complexity index is 1010. The van der Waals surface area contributed by atoms with Gasteiger partial charge in [0, 0.05) is 6.92 Å². The van der Waals surface area contributed by atoms with E-state index in [1.54, 1.807) is 50.2 Å². The van der Waals surface area contributed by atoms with Crippen LogP contribution in [0.25, 0.3) is 0 Å². The Hall–Kier alpha value is -3.20. The van der Waals surface area contributed by atoms with Crippen LogP contribution >= 0.6 is 0 Å². The molecule has 0 aromatic heterocycles. The number of amides is 1. The fraction of sp³-hybridized carbons (Fsp3) is 0.250. The molecule has 0 unspecified atom stereocenters. The standard InChI is InChI=1S/C20H23N3O5S/c1-14-6-5-7-15(2)20(14)23(29(4,26)27)13-19(25)22-21-12-17-8-10-18(11-9-17)28-16(3)24/h5-12H,13H2,1-4H3,(H,22,25)/b21-12-. The first kappa shape index (κ1) is 22.1. The van der Waals surface area contributed by atoms with E-state index in [2.05, 4.69) is 10.5 Å². The number of hydrogen-bond donors (Lipinski definition) is 1. The smallest absolute Gasteiger partial charge is 0.308 e. The van der Waals surface area contributed by atoms with Crippen molar-refractivity contribution in [2.75, 3.05) is 17.1 Å². The number of anilines is 1. The van der Waals surface area contributed by atoms with Crippen LogP contribution in [-0.4, -0.2) is 39.3 Å². The van der Waals surface area contributed by atoms with Gasteiger partial charge in [-0.15, -0.1) is 0 Å². The number of rotatable bonds is 7. The van der Waals surface area contributed by atoms with E-state index in [0.29, 0.717) is 17.0 Å². The van der Waals surface area contributed by atoms with Crippen LogP contribution in [0, 0.1) is 13.8 Å². The highest BCUT2D eigenvalue weighted by Crippen LogP contribution is 2.26. The van der Waals surface area contributed by atoms with Crippen LogP contribution < -0.4 is 14.5 Å². The molecular weight excluding hydrogens is 394 g/mol. The quantitative estimate of drug-likeness (QED) is 0.322. The van der Waals surface area contributed by atoms with Gasteiger partial charge in [-0.25, -0.2) is 13.8 Å². The van der Waals surface area contributed by atoms with Gasteiger partial charge in [0.2, 0.25) is 10.0 Å². The number of aryl methyl sites for hydroxylation is 2. The largest absolute Gasteiger partial charge is 0.427 e. The number of nitrogens with one attached hydrogen (secondary N) is 1. The van der Waals surface area contributed by atoms with Gasteiger partial charge in [-0.1, -0.05) is 18.2 Å². The maximum Gasteiger partial charge on any atom is 0.308 e. The average Bonchev–Trinajstić information content (AvgIpc) is 2.61. The maximum absolute atomic E-state index is 12.3. The van der Waals surface area contributed by atoms with Gasteiger partial charge >= 0.3 is 5.97 Å². The number of ether oxygens (including phenoxy) is 1. The van der Waals surface area contributed by atoms with Crippen molar-refractivity contribution in [3.63, 3.8) is 0 Å². The summed E-state index contributed by atoms with van der Waals surface area (Å²) in [4.78, 5) is 23.2. The fourth-order valence-corrected chi connectivity index (χ4v) is 3.67. The molecule has 0 bridgehead atoms. The number of hydrogen-bond acceptors (Lipinski definition) is 6. The summed E-state index contributed by atoms with van der Waals surface area (Å²) in [6.45, 7) is 4.49. The van der Waals surface area contributed by atoms with Crippen LogP contribution in [-0.2, 0) is 19.6 Å². The molecule has 2 aromatic rings. The summed E-state index contributed by atoms with van der Waals surface area (Å²) in [5.41, 5.74) is 4.97. The molecule has 0 aliphatic rings. The Labute approximate surface area is 170 Å². The van der Waals surface area contributed by atoms with Gasteiger partial charge in [0.15, 0.2) is 0 Å². The van der Waals surface area contributed by atoms with Crippen molar-refractivity contribution >= 4 is 33.8 Å². The van der Waals surface area contributed by atoms with E-state index in [4.69, 9.17) is 4.74 Å². The molecule has 9 heteroatoms. The summed E-state index contributed by atoms with van der Waals surface area (Å²) in [5, 5.41) is 3.85. The van der Waals surface area contributed by atoms with Crippen LogP contribution in [0.2, 0.25) is 0 Å². The van der Waals surface area contributed by atoms with Gasteiger partial charge in [0.1, 0.15) is 12.3 Å². The second kappa shape index (κ2) is 9.33. The highest BCUT2D eigenvalue weighted by atomic mass is 32.2. The second-order valence-corrected chi connectivity index (χ2v) is 8.37. The molecule has 0 radical (unpaired) electrons. The summed E-state index contributed by atoms with van der Waals surface area (Å²) >= 11 is 0. The lowest BCUT2D eigenvalue weighted by atomic mass is 10.1. The molecule has 0 atom stereocenters. The van der Waals surface area contributed by atoms with Gasteiger partial charge in [-0.05, 0) is 54.8 Å². The van der Waals surface area contributed by atoms with E-state index in [-0.39, 0.29) is 0 Å². The van der Waals surface area contributed by atoms with Gasteiger partial charge in [-0.3, -0.25) is 13.9 Å². The summed E-state index contributed by atoms with van der Waals surface area (Å²) in [6.07, 6.45) is 2.46. The number of benzene rings is 2. The maximum atomic E-state index is 12.3. The predicted octanol–water partition coefficient (Wildman–Crippen LogP) is 2.15. The molecule has 1 N–H and O–H groups in total. The number of para-hydroxylation sites is 1. The highest BCUT2D eigenvalue weighted by molar-refractivity contribution is 7.92. The third-order valence-corrected chi connectivity index (χ3v) is 5.03. The minimum atomic E-state index is -3.67. The second-order valence-electron chi connectivity index (χ2n) is 6.47. The van der Waals surface area contributed by atoms with E-state index < -0.39 is 28.4 Å². The molecule has 0 aliphatic heterocycles. The van der Waals surface area contributed by atoms with Gasteiger partial charge in [-0.2, -0.15) is 5.10 Å². The first-order valence-corrected chi connectivity index (χ1v) is 10.6. The molecule has 154 valence electrons. The van der Waals surface area contributed by atoms with Crippen LogP contribution in [0.3, 0.4) is 0 Å². The van der Waals surface area contributed by atoms with Crippen LogP contribution in [0.1, 0.15) is 23.6 Å². The molecule has 0 heterocycles. The van der Waals surface area contributed by atoms with Crippen LogP contribution in [0.4, 0.5) is 5.69 Å². The Morgan fingerprint density at radius 1 is 1.10 bits per heavy atom. The number of sulfonamides is 1. The van der Waals surface area contributed by atoms with E-state index in [1.165, 1.54) is 13.1 Å². The average molecular weight is 417 g/mol.